The van der Waals surface area contributed by atoms with Crippen LogP contribution in [0.1, 0.15) is 71.9 Å². The van der Waals surface area contributed by atoms with E-state index in [2.05, 4.69) is 94.6 Å². The van der Waals surface area contributed by atoms with E-state index in [9.17, 15) is 0 Å². The molecule has 2 nitrogen and oxygen atoms in total. The monoisotopic (exact) mass is 502 g/mol. The van der Waals surface area contributed by atoms with Crippen LogP contribution in [0.2, 0.25) is 0 Å². The molecule has 2 aromatic carbocycles. The van der Waals surface area contributed by atoms with Crippen molar-refractivity contribution in [2.45, 2.75) is 90.1 Å². The van der Waals surface area contributed by atoms with E-state index >= 15 is 0 Å². The van der Waals surface area contributed by atoms with E-state index in [0.717, 1.165) is 25.9 Å². The summed E-state index contributed by atoms with van der Waals surface area (Å²) in [6.07, 6.45) is 24.4. The van der Waals surface area contributed by atoms with Crippen molar-refractivity contribution in [3.63, 3.8) is 0 Å². The third-order valence-electron chi connectivity index (χ3n) is 8.69. The highest BCUT2D eigenvalue weighted by Crippen LogP contribution is 2.22. The van der Waals surface area contributed by atoms with Gasteiger partial charge >= 0.3 is 0 Å². The lowest BCUT2D eigenvalue weighted by Crippen LogP contribution is -2.34. The minimum atomic E-state index is 1.10. The Labute approximate surface area is 229 Å². The zero-order valence-electron chi connectivity index (χ0n) is 22.9. The molecule has 2 aromatic heterocycles. The third kappa shape index (κ3) is 6.23. The second kappa shape index (κ2) is 12.1. The van der Waals surface area contributed by atoms with E-state index in [0.29, 0.717) is 0 Å². The lowest BCUT2D eigenvalue weighted by Gasteiger charge is -2.13. The van der Waals surface area contributed by atoms with Gasteiger partial charge in [0, 0.05) is 36.1 Å². The summed E-state index contributed by atoms with van der Waals surface area (Å²) in [6, 6.07) is 23.1. The Balaban J connectivity index is 0.971. The van der Waals surface area contributed by atoms with Gasteiger partial charge in [-0.05, 0) is 97.6 Å². The number of aryl methyl sites for hydroxylation is 8. The second-order valence-electron chi connectivity index (χ2n) is 11.5. The average molecular weight is 503 g/mol. The Hall–Kier alpha value is -3.26. The highest BCUT2D eigenvalue weighted by molar-refractivity contribution is 5.64. The summed E-state index contributed by atoms with van der Waals surface area (Å²) >= 11 is 0. The number of benzene rings is 2. The molecule has 194 valence electrons. The quantitative estimate of drug-likeness (QED) is 0.219. The minimum Gasteiger partial charge on any atom is -0.205 e. The molecule has 0 fully saturated rings. The fraction of sp³-hybridized carbons (Fsp3) is 0.389. The van der Waals surface area contributed by atoms with Crippen molar-refractivity contribution < 1.29 is 9.13 Å². The van der Waals surface area contributed by atoms with Gasteiger partial charge in [-0.1, -0.05) is 48.5 Å². The number of rotatable bonds is 9. The zero-order valence-corrected chi connectivity index (χ0v) is 22.9. The van der Waals surface area contributed by atoms with Crippen molar-refractivity contribution in [3.8, 4) is 11.1 Å². The smallest absolute Gasteiger partial charge is 0.172 e. The molecule has 0 spiro atoms. The van der Waals surface area contributed by atoms with E-state index < -0.39 is 0 Å². The lowest BCUT2D eigenvalue weighted by molar-refractivity contribution is -0.697. The van der Waals surface area contributed by atoms with Crippen molar-refractivity contribution in [3.05, 3.63) is 119 Å². The molecule has 0 unspecified atom stereocenters. The maximum atomic E-state index is 2.40. The summed E-state index contributed by atoms with van der Waals surface area (Å²) in [5.74, 6) is 0. The molecular weight excluding hydrogens is 460 g/mol. The summed E-state index contributed by atoms with van der Waals surface area (Å²) in [4.78, 5) is 0. The number of pyridine rings is 2. The largest absolute Gasteiger partial charge is 0.205 e. The Morgan fingerprint density at radius 1 is 0.447 bits per heavy atom. The van der Waals surface area contributed by atoms with Crippen LogP contribution in [0.4, 0.5) is 0 Å². The van der Waals surface area contributed by atoms with Gasteiger partial charge in [-0.3, -0.25) is 0 Å². The molecule has 6 rings (SSSR count). The van der Waals surface area contributed by atoms with Crippen molar-refractivity contribution in [1.82, 2.24) is 0 Å². The minimum absolute atomic E-state index is 1.10. The van der Waals surface area contributed by atoms with Gasteiger partial charge in [-0.15, -0.1) is 0 Å². The number of fused-ring (bicyclic) bond motifs is 2. The molecule has 0 bridgehead atoms. The van der Waals surface area contributed by atoms with Crippen molar-refractivity contribution in [2.24, 2.45) is 0 Å². The van der Waals surface area contributed by atoms with Crippen molar-refractivity contribution in [1.29, 1.82) is 0 Å². The van der Waals surface area contributed by atoms with Crippen LogP contribution in [0.5, 0.6) is 0 Å². The number of hydrogen-bond acceptors (Lipinski definition) is 0. The van der Waals surface area contributed by atoms with E-state index in [1.54, 1.807) is 22.3 Å². The number of hydrogen-bond donors (Lipinski definition) is 0. The van der Waals surface area contributed by atoms with Gasteiger partial charge in [-0.2, -0.15) is 0 Å². The molecule has 0 aliphatic heterocycles. The first kappa shape index (κ1) is 25.0. The predicted molar refractivity (Wildman–Crippen MR) is 155 cm³/mol. The van der Waals surface area contributed by atoms with Crippen LogP contribution in [0.15, 0.2) is 85.5 Å². The number of aromatic nitrogens is 2. The fourth-order valence-electron chi connectivity index (χ4n) is 6.37. The fourth-order valence-corrected chi connectivity index (χ4v) is 6.37. The first-order valence-corrected chi connectivity index (χ1v) is 15.0. The van der Waals surface area contributed by atoms with Gasteiger partial charge in [0.25, 0.3) is 0 Å². The second-order valence-corrected chi connectivity index (χ2v) is 11.5. The van der Waals surface area contributed by atoms with Gasteiger partial charge in [0.15, 0.2) is 24.8 Å². The highest BCUT2D eigenvalue weighted by atomic mass is 14.9. The molecule has 0 saturated carbocycles. The summed E-state index contributed by atoms with van der Waals surface area (Å²) in [5.41, 5.74) is 11.8. The summed E-state index contributed by atoms with van der Waals surface area (Å²) in [7, 11) is 0. The molecule has 2 aliphatic rings. The maximum absolute atomic E-state index is 2.40. The molecule has 0 amide bonds. The normalized spacial score (nSPS) is 14.6. The first-order valence-electron chi connectivity index (χ1n) is 15.0. The van der Waals surface area contributed by atoms with Gasteiger partial charge in [-0.25, -0.2) is 9.13 Å². The Bertz CT molecular complexity index is 1240. The standard InChI is InChI=1S/C36H42N2/c1-3-11-35-27-37(25-21-31(35)9-1)23-5-7-29-13-17-33(18-14-29)34-19-15-30(16-20-34)8-6-24-38-26-22-32-10-2-4-12-36(32)28-38/h13-22,25-28H,1-12,23-24H2/q+2. The maximum Gasteiger partial charge on any atom is 0.172 e. The molecule has 0 radical (unpaired) electrons. The number of nitrogens with zero attached hydrogens (tertiary/aromatic N) is 2. The summed E-state index contributed by atoms with van der Waals surface area (Å²) < 4.78 is 4.79. The molecule has 38 heavy (non-hydrogen) atoms. The third-order valence-corrected chi connectivity index (χ3v) is 8.69. The first-order chi connectivity index (χ1) is 18.8. The molecule has 2 heterocycles. The van der Waals surface area contributed by atoms with Gasteiger partial charge in [0.2, 0.25) is 0 Å². The Morgan fingerprint density at radius 3 is 1.26 bits per heavy atom. The van der Waals surface area contributed by atoms with Gasteiger partial charge < -0.3 is 0 Å². The van der Waals surface area contributed by atoms with Crippen LogP contribution in [0, 0.1) is 0 Å². The van der Waals surface area contributed by atoms with Crippen LogP contribution in [0.3, 0.4) is 0 Å². The van der Waals surface area contributed by atoms with E-state index in [-0.39, 0.29) is 0 Å². The summed E-state index contributed by atoms with van der Waals surface area (Å²) in [5, 5.41) is 0. The Morgan fingerprint density at radius 2 is 0.842 bits per heavy atom. The van der Waals surface area contributed by atoms with Crippen LogP contribution in [-0.4, -0.2) is 0 Å². The van der Waals surface area contributed by atoms with Crippen molar-refractivity contribution in [2.75, 3.05) is 0 Å². The Kier molecular flexibility index (Phi) is 7.95. The molecule has 0 N–H and O–H groups in total. The molecular formula is C36H42N2+2. The molecule has 0 saturated heterocycles. The zero-order chi connectivity index (χ0) is 25.6. The van der Waals surface area contributed by atoms with Crippen LogP contribution < -0.4 is 9.13 Å². The lowest BCUT2D eigenvalue weighted by atomic mass is 9.93. The topological polar surface area (TPSA) is 7.76 Å². The molecule has 2 heteroatoms. The molecule has 0 atom stereocenters. The molecule has 4 aromatic rings. The van der Waals surface area contributed by atoms with Crippen LogP contribution >= 0.6 is 0 Å². The van der Waals surface area contributed by atoms with Crippen molar-refractivity contribution >= 4 is 0 Å². The van der Waals surface area contributed by atoms with E-state index in [1.807, 2.05) is 0 Å². The summed E-state index contributed by atoms with van der Waals surface area (Å²) in [6.45, 7) is 2.20. The SMILES string of the molecule is c1cc(-c2ccc(CCC[n+]3ccc4c(c3)CCCC4)cc2)ccc1CCC[n+]1ccc2c(c1)CCCC2. The molecule has 2 aliphatic carbocycles. The van der Waals surface area contributed by atoms with Crippen LogP contribution in [0.25, 0.3) is 11.1 Å². The van der Waals surface area contributed by atoms with Gasteiger partial charge in [0.05, 0.1) is 0 Å². The van der Waals surface area contributed by atoms with Crippen LogP contribution in [-0.2, 0) is 51.6 Å². The predicted octanol–water partition coefficient (Wildman–Crippen LogP) is 6.95. The van der Waals surface area contributed by atoms with E-state index in [1.165, 1.54) is 86.5 Å². The van der Waals surface area contributed by atoms with Gasteiger partial charge in [0.1, 0.15) is 13.1 Å². The van der Waals surface area contributed by atoms with E-state index in [4.69, 9.17) is 0 Å². The highest BCUT2D eigenvalue weighted by Gasteiger charge is 2.14. The average Bonchev–Trinajstić information content (AvgIpc) is 2.98.